The molecule has 1 amide bonds. The van der Waals surface area contributed by atoms with Gasteiger partial charge in [-0.05, 0) is 24.3 Å². The van der Waals surface area contributed by atoms with Gasteiger partial charge in [0.1, 0.15) is 0 Å². The molecule has 0 spiro atoms. The summed E-state index contributed by atoms with van der Waals surface area (Å²) in [5.74, 6) is -0.171. The zero-order valence-corrected chi connectivity index (χ0v) is 11.3. The van der Waals surface area contributed by atoms with E-state index in [4.69, 9.17) is 11.6 Å². The topological polar surface area (TPSA) is 42.0 Å². The van der Waals surface area contributed by atoms with Gasteiger partial charge in [0.05, 0.1) is 20.4 Å². The van der Waals surface area contributed by atoms with Crippen molar-refractivity contribution < 1.29 is 4.79 Å². The Bertz CT molecular complexity index is 749. The Morgan fingerprint density at radius 2 is 2.00 bits per heavy atom. The van der Waals surface area contributed by atoms with Crippen molar-refractivity contribution in [2.24, 2.45) is 0 Å². The minimum atomic E-state index is -0.171. The maximum Gasteiger partial charge on any atom is 0.265 e. The number of amides is 1. The van der Waals surface area contributed by atoms with Crippen LogP contribution in [-0.4, -0.2) is 10.9 Å². The highest BCUT2D eigenvalue weighted by Crippen LogP contribution is 2.24. The molecule has 0 atom stereocenters. The van der Waals surface area contributed by atoms with Gasteiger partial charge in [-0.15, -0.1) is 11.3 Å². The fourth-order valence-corrected chi connectivity index (χ4v) is 2.76. The Hall–Kier alpha value is -1.91. The van der Waals surface area contributed by atoms with Crippen molar-refractivity contribution in [2.45, 2.75) is 0 Å². The molecule has 19 heavy (non-hydrogen) atoms. The van der Waals surface area contributed by atoms with E-state index >= 15 is 0 Å². The Balaban J connectivity index is 1.95. The summed E-state index contributed by atoms with van der Waals surface area (Å²) in [6, 6.07) is 12.9. The molecule has 0 aliphatic carbocycles. The number of para-hydroxylation sites is 1. The van der Waals surface area contributed by atoms with Crippen LogP contribution >= 0.6 is 22.9 Å². The van der Waals surface area contributed by atoms with E-state index in [0.717, 1.165) is 10.9 Å². The van der Waals surface area contributed by atoms with E-state index in [-0.39, 0.29) is 5.91 Å². The molecule has 3 nitrogen and oxygen atoms in total. The lowest BCUT2D eigenvalue weighted by Gasteiger charge is -2.06. The maximum atomic E-state index is 12.1. The minimum absolute atomic E-state index is 0.171. The Morgan fingerprint density at radius 1 is 1.16 bits per heavy atom. The Labute approximate surface area is 118 Å². The van der Waals surface area contributed by atoms with E-state index in [1.807, 2.05) is 30.3 Å². The highest BCUT2D eigenvalue weighted by molar-refractivity contribution is 7.18. The molecule has 0 fully saturated rings. The summed E-state index contributed by atoms with van der Waals surface area (Å²) in [5, 5.41) is 3.86. The summed E-state index contributed by atoms with van der Waals surface area (Å²) in [6.45, 7) is 0. The van der Waals surface area contributed by atoms with Crippen LogP contribution in [0.15, 0.2) is 48.7 Å². The summed E-state index contributed by atoms with van der Waals surface area (Å²) >= 11 is 7.08. The number of nitrogens with zero attached hydrogens (tertiary/aromatic N) is 1. The fraction of sp³-hybridized carbons (Fsp3) is 0. The molecular formula is C14H9ClN2OS. The van der Waals surface area contributed by atoms with E-state index in [9.17, 15) is 4.79 Å². The van der Waals surface area contributed by atoms with Crippen LogP contribution in [-0.2, 0) is 0 Å². The minimum Gasteiger partial charge on any atom is -0.319 e. The number of hydrogen-bond donors (Lipinski definition) is 1. The van der Waals surface area contributed by atoms with Gasteiger partial charge >= 0.3 is 0 Å². The van der Waals surface area contributed by atoms with Gasteiger partial charge in [0.2, 0.25) is 0 Å². The molecule has 94 valence electrons. The summed E-state index contributed by atoms with van der Waals surface area (Å²) < 4.78 is 0.598. The number of thiophene rings is 1. The third-order valence-electron chi connectivity index (χ3n) is 2.68. The number of anilines is 1. The van der Waals surface area contributed by atoms with Gasteiger partial charge < -0.3 is 5.32 Å². The number of halogens is 1. The first kappa shape index (κ1) is 12.1. The molecule has 0 radical (unpaired) electrons. The van der Waals surface area contributed by atoms with Crippen molar-refractivity contribution in [1.82, 2.24) is 4.98 Å². The van der Waals surface area contributed by atoms with Crippen molar-refractivity contribution in [3.05, 3.63) is 57.9 Å². The average Bonchev–Trinajstić information content (AvgIpc) is 2.86. The van der Waals surface area contributed by atoms with Crippen molar-refractivity contribution in [1.29, 1.82) is 0 Å². The summed E-state index contributed by atoms with van der Waals surface area (Å²) in [7, 11) is 0. The third-order valence-corrected chi connectivity index (χ3v) is 3.91. The van der Waals surface area contributed by atoms with E-state index in [2.05, 4.69) is 10.3 Å². The van der Waals surface area contributed by atoms with Gasteiger partial charge in [-0.1, -0.05) is 29.8 Å². The number of nitrogens with one attached hydrogen (secondary N) is 1. The molecule has 0 bridgehead atoms. The second kappa shape index (κ2) is 4.99. The number of pyridine rings is 1. The first-order chi connectivity index (χ1) is 9.24. The number of benzene rings is 1. The number of rotatable bonds is 2. The zero-order chi connectivity index (χ0) is 13.2. The first-order valence-corrected chi connectivity index (χ1v) is 6.84. The van der Waals surface area contributed by atoms with Crippen LogP contribution in [0.4, 0.5) is 5.69 Å². The second-order valence-corrected chi connectivity index (χ2v) is 5.65. The lowest BCUT2D eigenvalue weighted by molar-refractivity contribution is 0.103. The normalized spacial score (nSPS) is 10.6. The molecule has 0 aliphatic rings. The predicted octanol–water partition coefficient (Wildman–Crippen LogP) is 4.20. The van der Waals surface area contributed by atoms with Crippen LogP contribution in [0.5, 0.6) is 0 Å². The van der Waals surface area contributed by atoms with E-state index in [1.54, 1.807) is 18.3 Å². The van der Waals surface area contributed by atoms with Crippen LogP contribution in [0.2, 0.25) is 4.34 Å². The van der Waals surface area contributed by atoms with Gasteiger partial charge in [0.15, 0.2) is 0 Å². The number of carbonyl (C=O) groups is 1. The van der Waals surface area contributed by atoms with Crippen molar-refractivity contribution in [2.75, 3.05) is 5.32 Å². The van der Waals surface area contributed by atoms with E-state index in [1.165, 1.54) is 11.3 Å². The number of aromatic nitrogens is 1. The number of hydrogen-bond acceptors (Lipinski definition) is 3. The summed E-state index contributed by atoms with van der Waals surface area (Å²) in [5.41, 5.74) is 1.48. The van der Waals surface area contributed by atoms with Crippen LogP contribution in [0, 0.1) is 0 Å². The highest BCUT2D eigenvalue weighted by Gasteiger charge is 2.10. The van der Waals surface area contributed by atoms with E-state index < -0.39 is 0 Å². The van der Waals surface area contributed by atoms with Gasteiger partial charge in [0.25, 0.3) is 5.91 Å². The van der Waals surface area contributed by atoms with Crippen LogP contribution in [0.25, 0.3) is 10.9 Å². The molecular weight excluding hydrogens is 280 g/mol. The quantitative estimate of drug-likeness (QED) is 0.768. The molecule has 3 aromatic rings. The van der Waals surface area contributed by atoms with Crippen LogP contribution in [0.3, 0.4) is 0 Å². The zero-order valence-electron chi connectivity index (χ0n) is 9.76. The van der Waals surface area contributed by atoms with Crippen molar-refractivity contribution >= 4 is 45.4 Å². The first-order valence-electron chi connectivity index (χ1n) is 5.64. The van der Waals surface area contributed by atoms with Gasteiger partial charge in [-0.2, -0.15) is 0 Å². The van der Waals surface area contributed by atoms with Crippen molar-refractivity contribution in [3.8, 4) is 0 Å². The molecule has 0 aliphatic heterocycles. The summed E-state index contributed by atoms with van der Waals surface area (Å²) in [4.78, 5) is 17.0. The van der Waals surface area contributed by atoms with Gasteiger partial charge in [-0.3, -0.25) is 9.78 Å². The molecule has 2 aromatic heterocycles. The maximum absolute atomic E-state index is 12.1. The summed E-state index contributed by atoms with van der Waals surface area (Å²) in [6.07, 6.45) is 1.71. The number of carbonyl (C=O) groups excluding carboxylic acids is 1. The Kier molecular flexibility index (Phi) is 3.19. The van der Waals surface area contributed by atoms with Crippen LogP contribution < -0.4 is 5.32 Å². The van der Waals surface area contributed by atoms with Crippen LogP contribution in [0.1, 0.15) is 9.67 Å². The van der Waals surface area contributed by atoms with Gasteiger partial charge in [0, 0.05) is 11.6 Å². The average molecular weight is 289 g/mol. The predicted molar refractivity (Wildman–Crippen MR) is 79.0 cm³/mol. The highest BCUT2D eigenvalue weighted by atomic mass is 35.5. The van der Waals surface area contributed by atoms with E-state index in [0.29, 0.717) is 14.9 Å². The standard InChI is InChI=1S/C14H9ClN2OS/c15-12-7-6-11(19-12)14(18)17-10-5-1-3-9-4-2-8-16-13(9)10/h1-8H,(H,17,18). The number of fused-ring (bicyclic) bond motifs is 1. The molecule has 1 N–H and O–H groups in total. The smallest absolute Gasteiger partial charge is 0.265 e. The molecule has 0 saturated carbocycles. The van der Waals surface area contributed by atoms with Crippen molar-refractivity contribution in [3.63, 3.8) is 0 Å². The third kappa shape index (κ3) is 2.45. The molecule has 0 saturated heterocycles. The molecule has 5 heteroatoms. The monoisotopic (exact) mass is 288 g/mol. The Morgan fingerprint density at radius 3 is 2.79 bits per heavy atom. The fourth-order valence-electron chi connectivity index (χ4n) is 1.83. The lowest BCUT2D eigenvalue weighted by Crippen LogP contribution is -2.10. The lowest BCUT2D eigenvalue weighted by atomic mass is 10.2. The second-order valence-electron chi connectivity index (χ2n) is 3.94. The van der Waals surface area contributed by atoms with Gasteiger partial charge in [-0.25, -0.2) is 0 Å². The molecule has 0 unspecified atom stereocenters. The molecule has 3 rings (SSSR count). The molecule has 2 heterocycles. The largest absolute Gasteiger partial charge is 0.319 e. The SMILES string of the molecule is O=C(Nc1cccc2cccnc12)c1ccc(Cl)s1. The molecule has 1 aromatic carbocycles.